The number of carbonyl (C=O) groups excluding carboxylic acids is 2. The predicted octanol–water partition coefficient (Wildman–Crippen LogP) is 4.73. The van der Waals surface area contributed by atoms with Gasteiger partial charge in [0.2, 0.25) is 0 Å². The van der Waals surface area contributed by atoms with E-state index in [1.54, 1.807) is 23.9 Å². The van der Waals surface area contributed by atoms with Crippen LogP contribution in [0.3, 0.4) is 0 Å². The summed E-state index contributed by atoms with van der Waals surface area (Å²) in [5.41, 5.74) is 2.10. The summed E-state index contributed by atoms with van der Waals surface area (Å²) in [7, 11) is 1.49. The van der Waals surface area contributed by atoms with Gasteiger partial charge in [0.1, 0.15) is 11.3 Å². The first-order valence-corrected chi connectivity index (χ1v) is 10.0. The number of hydrogen-bond acceptors (Lipinski definition) is 5. The normalized spacial score (nSPS) is 11.6. The summed E-state index contributed by atoms with van der Waals surface area (Å²) >= 11 is 1.55. The van der Waals surface area contributed by atoms with Crippen molar-refractivity contribution in [2.45, 2.75) is 31.1 Å². The van der Waals surface area contributed by atoms with Gasteiger partial charge in [-0.1, -0.05) is 32.0 Å². The van der Waals surface area contributed by atoms with Gasteiger partial charge >= 0.3 is 5.97 Å². The van der Waals surface area contributed by atoms with Crippen LogP contribution in [0, 0.1) is 0 Å². The van der Waals surface area contributed by atoms with E-state index >= 15 is 0 Å². The molecule has 6 heteroatoms. The molecule has 144 valence electrons. The van der Waals surface area contributed by atoms with E-state index in [9.17, 15) is 9.59 Å². The predicted molar refractivity (Wildman–Crippen MR) is 109 cm³/mol. The Morgan fingerprint density at radius 1 is 1.19 bits per heavy atom. The highest BCUT2D eigenvalue weighted by Crippen LogP contribution is 2.27. The molecule has 1 amide bonds. The zero-order valence-corrected chi connectivity index (χ0v) is 16.9. The van der Waals surface area contributed by atoms with Crippen LogP contribution in [0.5, 0.6) is 5.75 Å². The van der Waals surface area contributed by atoms with Gasteiger partial charge in [-0.3, -0.25) is 4.79 Å². The fourth-order valence-corrected chi connectivity index (χ4v) is 3.05. The van der Waals surface area contributed by atoms with Crippen LogP contribution in [0.2, 0.25) is 0 Å². The van der Waals surface area contributed by atoms with Crippen molar-refractivity contribution >= 4 is 29.3 Å². The quantitative estimate of drug-likeness (QED) is 0.524. The second-order valence-corrected chi connectivity index (χ2v) is 6.97. The van der Waals surface area contributed by atoms with Crippen molar-refractivity contribution in [2.24, 2.45) is 0 Å². The molecule has 2 aromatic carbocycles. The highest BCUT2D eigenvalue weighted by molar-refractivity contribution is 7.98. The fraction of sp³-hybridized carbons (Fsp3) is 0.333. The smallest absolute Gasteiger partial charge is 0.342 e. The standard InChI is InChI=1S/C21H25NO4S/c1-5-14(2)16-8-6-7-9-18(16)22-20(23)13-26-21(24)17-11-10-15(27-4)12-19(17)25-3/h6-12,14H,5,13H2,1-4H3,(H,22,23)/t14-/m0/s1. The van der Waals surface area contributed by atoms with Crippen molar-refractivity contribution in [3.05, 3.63) is 53.6 Å². The van der Waals surface area contributed by atoms with E-state index < -0.39 is 5.97 Å². The summed E-state index contributed by atoms with van der Waals surface area (Å²) in [5.74, 6) is -0.221. The number of ether oxygens (including phenoxy) is 2. The Bertz CT molecular complexity index is 807. The van der Waals surface area contributed by atoms with Crippen LogP contribution in [0.1, 0.15) is 42.1 Å². The van der Waals surface area contributed by atoms with Crippen molar-refractivity contribution in [3.63, 3.8) is 0 Å². The van der Waals surface area contributed by atoms with E-state index in [2.05, 4.69) is 19.2 Å². The van der Waals surface area contributed by atoms with E-state index in [0.717, 1.165) is 22.6 Å². The number of thioether (sulfide) groups is 1. The SMILES string of the molecule is CC[C@H](C)c1ccccc1NC(=O)COC(=O)c1ccc(SC)cc1OC. The molecule has 2 rings (SSSR count). The summed E-state index contributed by atoms with van der Waals surface area (Å²) in [6, 6.07) is 12.9. The number of carbonyl (C=O) groups is 2. The average molecular weight is 388 g/mol. The van der Waals surface area contributed by atoms with Gasteiger partial charge in [0.25, 0.3) is 5.91 Å². The number of amides is 1. The van der Waals surface area contributed by atoms with Crippen molar-refractivity contribution < 1.29 is 19.1 Å². The zero-order chi connectivity index (χ0) is 19.8. The van der Waals surface area contributed by atoms with E-state index in [1.807, 2.05) is 36.6 Å². The van der Waals surface area contributed by atoms with Crippen LogP contribution in [0.15, 0.2) is 47.4 Å². The van der Waals surface area contributed by atoms with Crippen LogP contribution >= 0.6 is 11.8 Å². The highest BCUT2D eigenvalue weighted by Gasteiger charge is 2.17. The number of rotatable bonds is 8. The molecular formula is C21H25NO4S. The molecule has 0 spiro atoms. The summed E-state index contributed by atoms with van der Waals surface area (Å²) < 4.78 is 10.4. The molecule has 2 aromatic rings. The van der Waals surface area contributed by atoms with Gasteiger partial charge in [-0.25, -0.2) is 4.79 Å². The largest absolute Gasteiger partial charge is 0.496 e. The summed E-state index contributed by atoms with van der Waals surface area (Å²) in [5, 5.41) is 2.83. The van der Waals surface area contributed by atoms with Crippen LogP contribution in [0.25, 0.3) is 0 Å². The Morgan fingerprint density at radius 3 is 2.59 bits per heavy atom. The first kappa shape index (κ1) is 20.8. The molecule has 1 N–H and O–H groups in total. The minimum Gasteiger partial charge on any atom is -0.496 e. The fourth-order valence-electron chi connectivity index (χ4n) is 2.62. The Morgan fingerprint density at radius 2 is 1.93 bits per heavy atom. The van der Waals surface area contributed by atoms with E-state index in [0.29, 0.717) is 17.2 Å². The first-order valence-electron chi connectivity index (χ1n) is 8.78. The van der Waals surface area contributed by atoms with Crippen molar-refractivity contribution in [1.29, 1.82) is 0 Å². The van der Waals surface area contributed by atoms with Crippen molar-refractivity contribution in [3.8, 4) is 5.75 Å². The maximum absolute atomic E-state index is 12.3. The maximum Gasteiger partial charge on any atom is 0.342 e. The molecule has 0 aliphatic rings. The van der Waals surface area contributed by atoms with Crippen molar-refractivity contribution in [1.82, 2.24) is 0 Å². The molecule has 0 radical (unpaired) electrons. The second-order valence-electron chi connectivity index (χ2n) is 6.09. The number of anilines is 1. The molecule has 0 saturated carbocycles. The molecule has 0 aliphatic carbocycles. The highest BCUT2D eigenvalue weighted by atomic mass is 32.2. The molecular weight excluding hydrogens is 362 g/mol. The number of methoxy groups -OCH3 is 1. The molecule has 1 atom stereocenters. The molecule has 27 heavy (non-hydrogen) atoms. The van der Waals surface area contributed by atoms with Crippen LogP contribution in [-0.4, -0.2) is 31.8 Å². The molecule has 0 fully saturated rings. The topological polar surface area (TPSA) is 64.6 Å². The van der Waals surface area contributed by atoms with Gasteiger partial charge in [-0.05, 0) is 48.4 Å². The lowest BCUT2D eigenvalue weighted by Gasteiger charge is -2.15. The molecule has 0 heterocycles. The number of para-hydroxylation sites is 1. The Balaban J connectivity index is 2.01. The van der Waals surface area contributed by atoms with Crippen molar-refractivity contribution in [2.75, 3.05) is 25.3 Å². The van der Waals surface area contributed by atoms with Crippen LogP contribution < -0.4 is 10.1 Å². The van der Waals surface area contributed by atoms with Crippen LogP contribution in [-0.2, 0) is 9.53 Å². The summed E-state index contributed by atoms with van der Waals surface area (Å²) in [6.07, 6.45) is 2.90. The van der Waals surface area contributed by atoms with Gasteiger partial charge in [0, 0.05) is 10.6 Å². The van der Waals surface area contributed by atoms with E-state index in [4.69, 9.17) is 9.47 Å². The Labute approximate surface area is 164 Å². The minimum atomic E-state index is -0.593. The monoisotopic (exact) mass is 387 g/mol. The van der Waals surface area contributed by atoms with Gasteiger partial charge in [-0.2, -0.15) is 0 Å². The molecule has 0 aliphatic heterocycles. The summed E-state index contributed by atoms with van der Waals surface area (Å²) in [6.45, 7) is 3.84. The lowest BCUT2D eigenvalue weighted by atomic mass is 9.97. The second kappa shape index (κ2) is 10.0. The third kappa shape index (κ3) is 5.50. The van der Waals surface area contributed by atoms with E-state index in [1.165, 1.54) is 7.11 Å². The van der Waals surface area contributed by atoms with Gasteiger partial charge < -0.3 is 14.8 Å². The first-order chi connectivity index (χ1) is 13.0. The molecule has 0 unspecified atom stereocenters. The lowest BCUT2D eigenvalue weighted by molar-refractivity contribution is -0.119. The third-order valence-corrected chi connectivity index (χ3v) is 5.07. The van der Waals surface area contributed by atoms with Crippen LogP contribution in [0.4, 0.5) is 5.69 Å². The van der Waals surface area contributed by atoms with E-state index in [-0.39, 0.29) is 12.5 Å². The number of nitrogens with one attached hydrogen (secondary N) is 1. The minimum absolute atomic E-state index is 0.295. The van der Waals surface area contributed by atoms with Gasteiger partial charge in [0.05, 0.1) is 7.11 Å². The van der Waals surface area contributed by atoms with Gasteiger partial charge in [-0.15, -0.1) is 11.8 Å². The number of esters is 1. The number of hydrogen-bond donors (Lipinski definition) is 1. The summed E-state index contributed by atoms with van der Waals surface area (Å²) in [4.78, 5) is 25.5. The number of benzene rings is 2. The average Bonchev–Trinajstić information content (AvgIpc) is 2.71. The maximum atomic E-state index is 12.3. The molecule has 0 saturated heterocycles. The molecule has 5 nitrogen and oxygen atoms in total. The Hall–Kier alpha value is -2.47. The third-order valence-electron chi connectivity index (χ3n) is 4.34. The molecule has 0 aromatic heterocycles. The lowest BCUT2D eigenvalue weighted by Crippen LogP contribution is -2.22. The molecule has 0 bridgehead atoms. The van der Waals surface area contributed by atoms with Gasteiger partial charge in [0.15, 0.2) is 6.61 Å². The zero-order valence-electron chi connectivity index (χ0n) is 16.1. The Kier molecular flexibility index (Phi) is 7.73.